The van der Waals surface area contributed by atoms with Gasteiger partial charge in [-0.1, -0.05) is 12.1 Å². The van der Waals surface area contributed by atoms with Gasteiger partial charge in [-0.15, -0.1) is 5.10 Å². The third kappa shape index (κ3) is 2.66. The minimum absolute atomic E-state index is 0.589. The first kappa shape index (κ1) is 13.1. The number of anilines is 2. The van der Waals surface area contributed by atoms with Crippen LogP contribution >= 0.6 is 15.9 Å². The fourth-order valence-corrected chi connectivity index (χ4v) is 2.35. The molecular formula is C14H14BrN5. The van der Waals surface area contributed by atoms with E-state index in [0.29, 0.717) is 6.54 Å². The molecule has 3 N–H and O–H groups in total. The van der Waals surface area contributed by atoms with Crippen molar-refractivity contribution < 1.29 is 0 Å². The number of rotatable bonds is 4. The quantitative estimate of drug-likeness (QED) is 0.771. The predicted octanol–water partition coefficient (Wildman–Crippen LogP) is 2.74. The van der Waals surface area contributed by atoms with Crippen LogP contribution in [-0.4, -0.2) is 21.1 Å². The molecule has 2 heterocycles. The topological polar surface area (TPSA) is 68.2 Å². The highest BCUT2D eigenvalue weighted by Gasteiger charge is 2.04. The number of hydrogen-bond acceptors (Lipinski definition) is 4. The van der Waals surface area contributed by atoms with Crippen LogP contribution in [0.15, 0.2) is 47.1 Å². The minimum atomic E-state index is 0.589. The van der Waals surface area contributed by atoms with Crippen molar-refractivity contribution in [3.63, 3.8) is 0 Å². The summed E-state index contributed by atoms with van der Waals surface area (Å²) < 4.78 is 2.76. The number of halogens is 1. The van der Waals surface area contributed by atoms with E-state index in [0.717, 1.165) is 33.7 Å². The van der Waals surface area contributed by atoms with E-state index in [4.69, 9.17) is 5.73 Å². The van der Waals surface area contributed by atoms with E-state index >= 15 is 0 Å². The number of nitrogens with zero attached hydrogens (tertiary/aromatic N) is 3. The molecule has 0 radical (unpaired) electrons. The van der Waals surface area contributed by atoms with E-state index in [9.17, 15) is 0 Å². The van der Waals surface area contributed by atoms with Crippen LogP contribution in [0.5, 0.6) is 0 Å². The van der Waals surface area contributed by atoms with E-state index in [1.807, 2.05) is 42.6 Å². The lowest BCUT2D eigenvalue weighted by molar-refractivity contribution is 0.917. The average molecular weight is 332 g/mol. The molecule has 5 nitrogen and oxygen atoms in total. The van der Waals surface area contributed by atoms with Gasteiger partial charge in [-0.25, -0.2) is 9.50 Å². The van der Waals surface area contributed by atoms with Gasteiger partial charge < -0.3 is 11.1 Å². The van der Waals surface area contributed by atoms with Crippen molar-refractivity contribution in [2.24, 2.45) is 5.73 Å². The SMILES string of the molecule is NCCc1cn2nc(Nc3ccccc3Br)ccc2n1. The standard InChI is InChI=1S/C14H14BrN5/c15-11-3-1-2-4-12(11)18-13-5-6-14-17-10(7-8-16)9-20(14)19-13/h1-6,9H,7-8,16H2,(H,18,19). The normalized spacial score (nSPS) is 10.9. The molecule has 0 saturated carbocycles. The van der Waals surface area contributed by atoms with Crippen LogP contribution in [0.1, 0.15) is 5.69 Å². The van der Waals surface area contributed by atoms with Gasteiger partial charge in [0.1, 0.15) is 0 Å². The molecule has 0 aliphatic rings. The summed E-state index contributed by atoms with van der Waals surface area (Å²) in [6.45, 7) is 0.589. The highest BCUT2D eigenvalue weighted by Crippen LogP contribution is 2.24. The zero-order valence-electron chi connectivity index (χ0n) is 10.8. The molecule has 20 heavy (non-hydrogen) atoms. The summed E-state index contributed by atoms with van der Waals surface area (Å²) in [7, 11) is 0. The highest BCUT2D eigenvalue weighted by atomic mass is 79.9. The van der Waals surface area contributed by atoms with Gasteiger partial charge in [0.25, 0.3) is 0 Å². The Hall–Kier alpha value is -1.92. The molecule has 0 aliphatic heterocycles. The molecular weight excluding hydrogens is 318 g/mol. The number of nitrogens with two attached hydrogens (primary N) is 1. The van der Waals surface area contributed by atoms with Crippen molar-refractivity contribution in [3.8, 4) is 0 Å². The molecule has 0 amide bonds. The van der Waals surface area contributed by atoms with E-state index < -0.39 is 0 Å². The zero-order valence-corrected chi connectivity index (χ0v) is 12.3. The van der Waals surface area contributed by atoms with E-state index in [1.54, 1.807) is 4.52 Å². The number of imidazole rings is 1. The van der Waals surface area contributed by atoms with Gasteiger partial charge in [-0.05, 0) is 46.7 Å². The Labute approximate surface area is 125 Å². The maximum atomic E-state index is 5.54. The first-order valence-corrected chi connectivity index (χ1v) is 7.12. The number of nitrogens with one attached hydrogen (secondary N) is 1. The van der Waals surface area contributed by atoms with Gasteiger partial charge in [0.15, 0.2) is 11.5 Å². The third-order valence-corrected chi connectivity index (χ3v) is 3.60. The van der Waals surface area contributed by atoms with Crippen LogP contribution in [0, 0.1) is 0 Å². The predicted molar refractivity (Wildman–Crippen MR) is 83.2 cm³/mol. The van der Waals surface area contributed by atoms with Crippen LogP contribution < -0.4 is 11.1 Å². The molecule has 3 aromatic rings. The van der Waals surface area contributed by atoms with Crippen LogP contribution in [-0.2, 0) is 6.42 Å². The summed E-state index contributed by atoms with van der Waals surface area (Å²) in [5, 5.41) is 7.77. The molecule has 0 unspecified atom stereocenters. The van der Waals surface area contributed by atoms with Gasteiger partial charge in [0.05, 0.1) is 17.6 Å². The van der Waals surface area contributed by atoms with Crippen molar-refractivity contribution in [3.05, 3.63) is 52.8 Å². The summed E-state index contributed by atoms with van der Waals surface area (Å²) >= 11 is 3.50. The minimum Gasteiger partial charge on any atom is -0.338 e. The fraction of sp³-hybridized carbons (Fsp3) is 0.143. The summed E-state index contributed by atoms with van der Waals surface area (Å²) in [6, 6.07) is 11.8. The van der Waals surface area contributed by atoms with Crippen molar-refractivity contribution >= 4 is 33.1 Å². The fourth-order valence-electron chi connectivity index (χ4n) is 1.97. The molecule has 0 bridgehead atoms. The molecule has 1 aromatic carbocycles. The van der Waals surface area contributed by atoms with E-state index in [1.165, 1.54) is 0 Å². The lowest BCUT2D eigenvalue weighted by Crippen LogP contribution is -2.02. The maximum absolute atomic E-state index is 5.54. The summed E-state index contributed by atoms with van der Waals surface area (Å²) in [5.41, 5.74) is 8.30. The van der Waals surface area contributed by atoms with Crippen LogP contribution in [0.3, 0.4) is 0 Å². The molecule has 102 valence electrons. The first-order chi connectivity index (χ1) is 9.76. The Morgan fingerprint density at radius 1 is 1.20 bits per heavy atom. The lowest BCUT2D eigenvalue weighted by atomic mass is 10.3. The number of para-hydroxylation sites is 1. The van der Waals surface area contributed by atoms with Crippen LogP contribution in [0.4, 0.5) is 11.5 Å². The summed E-state index contributed by atoms with van der Waals surface area (Å²) in [4.78, 5) is 4.45. The summed E-state index contributed by atoms with van der Waals surface area (Å²) in [5.74, 6) is 0.765. The maximum Gasteiger partial charge on any atom is 0.153 e. The molecule has 0 spiro atoms. The number of hydrogen-bond donors (Lipinski definition) is 2. The molecule has 0 saturated heterocycles. The Morgan fingerprint density at radius 2 is 2.05 bits per heavy atom. The van der Waals surface area contributed by atoms with Gasteiger partial charge >= 0.3 is 0 Å². The molecule has 0 fully saturated rings. The Morgan fingerprint density at radius 3 is 2.85 bits per heavy atom. The van der Waals surface area contributed by atoms with Crippen molar-refractivity contribution in [2.75, 3.05) is 11.9 Å². The third-order valence-electron chi connectivity index (χ3n) is 2.91. The lowest BCUT2D eigenvalue weighted by Gasteiger charge is -2.07. The number of benzene rings is 1. The first-order valence-electron chi connectivity index (χ1n) is 6.33. The Bertz CT molecular complexity index is 737. The molecule has 2 aromatic heterocycles. The summed E-state index contributed by atoms with van der Waals surface area (Å²) in [6.07, 6.45) is 2.67. The van der Waals surface area contributed by atoms with Crippen LogP contribution in [0.2, 0.25) is 0 Å². The zero-order chi connectivity index (χ0) is 13.9. The van der Waals surface area contributed by atoms with Gasteiger partial charge in [-0.3, -0.25) is 0 Å². The molecule has 6 heteroatoms. The average Bonchev–Trinajstić information content (AvgIpc) is 2.83. The molecule has 0 aliphatic carbocycles. The second-order valence-corrected chi connectivity index (χ2v) is 5.25. The monoisotopic (exact) mass is 331 g/mol. The van der Waals surface area contributed by atoms with E-state index in [2.05, 4.69) is 31.3 Å². The van der Waals surface area contributed by atoms with Crippen LogP contribution in [0.25, 0.3) is 5.65 Å². The van der Waals surface area contributed by atoms with Crippen molar-refractivity contribution in [1.29, 1.82) is 0 Å². The second kappa shape index (κ2) is 5.60. The second-order valence-electron chi connectivity index (χ2n) is 4.40. The Kier molecular flexibility index (Phi) is 3.66. The van der Waals surface area contributed by atoms with E-state index in [-0.39, 0.29) is 0 Å². The van der Waals surface area contributed by atoms with Gasteiger partial charge in [-0.2, -0.15) is 0 Å². The molecule has 0 atom stereocenters. The smallest absolute Gasteiger partial charge is 0.153 e. The number of fused-ring (bicyclic) bond motifs is 1. The van der Waals surface area contributed by atoms with Crippen molar-refractivity contribution in [2.45, 2.75) is 6.42 Å². The van der Waals surface area contributed by atoms with Crippen molar-refractivity contribution in [1.82, 2.24) is 14.6 Å². The molecule has 3 rings (SSSR count). The highest BCUT2D eigenvalue weighted by molar-refractivity contribution is 9.10. The Balaban J connectivity index is 1.91. The van der Waals surface area contributed by atoms with Gasteiger partial charge in [0.2, 0.25) is 0 Å². The number of aromatic nitrogens is 3. The van der Waals surface area contributed by atoms with Gasteiger partial charge in [0, 0.05) is 10.9 Å². The largest absolute Gasteiger partial charge is 0.338 e.